The number of carbonyl (C=O) groups is 1. The zero-order chi connectivity index (χ0) is 11.5. The fourth-order valence-corrected chi connectivity index (χ4v) is 1.80. The maximum Gasteiger partial charge on any atom is 0.261 e. The Kier molecular flexibility index (Phi) is 5.83. The number of hydrogen-bond donors (Lipinski definition) is 2. The molecule has 0 bridgehead atoms. The average Bonchev–Trinajstić information content (AvgIpc) is 2.61. The molecule has 0 aliphatic heterocycles. The maximum absolute atomic E-state index is 11.7. The fourth-order valence-electron chi connectivity index (χ4n) is 1.03. The van der Waals surface area contributed by atoms with Crippen LogP contribution in [0.25, 0.3) is 0 Å². The Bertz CT molecular complexity index is 344. The Balaban J connectivity index is 0.00000225. The molecule has 0 atom stereocenters. The summed E-state index contributed by atoms with van der Waals surface area (Å²) < 4.78 is 0. The van der Waals surface area contributed by atoms with E-state index in [4.69, 9.17) is 0 Å². The van der Waals surface area contributed by atoms with Gasteiger partial charge in [0, 0.05) is 13.6 Å². The van der Waals surface area contributed by atoms with Crippen molar-refractivity contribution in [2.24, 2.45) is 5.41 Å². The largest absolute Gasteiger partial charge is 0.380 e. The number of thiophene rings is 1. The van der Waals surface area contributed by atoms with Crippen molar-refractivity contribution < 1.29 is 4.79 Å². The van der Waals surface area contributed by atoms with Gasteiger partial charge in [-0.2, -0.15) is 0 Å². The summed E-state index contributed by atoms with van der Waals surface area (Å²) in [5.74, 6) is 0.0106. The summed E-state index contributed by atoms with van der Waals surface area (Å²) in [6.45, 7) is 6.99. The third kappa shape index (κ3) is 4.86. The molecular weight excluding hydrogens is 244 g/mol. The Labute approximate surface area is 107 Å². The molecule has 1 aromatic rings. The van der Waals surface area contributed by atoms with Gasteiger partial charge in [0.05, 0.1) is 9.88 Å². The van der Waals surface area contributed by atoms with Gasteiger partial charge in [-0.1, -0.05) is 20.8 Å². The zero-order valence-corrected chi connectivity index (χ0v) is 11.7. The third-order valence-electron chi connectivity index (χ3n) is 1.86. The predicted octanol–water partition coefficient (Wildman–Crippen LogP) is 2.99. The average molecular weight is 263 g/mol. The smallest absolute Gasteiger partial charge is 0.261 e. The number of anilines is 1. The fraction of sp³-hybridized carbons (Fsp3) is 0.545. The SMILES string of the molecule is CNc1ccc(C(=O)NCC(C)(C)C)s1.Cl. The van der Waals surface area contributed by atoms with Crippen molar-refractivity contribution in [3.63, 3.8) is 0 Å². The first-order valence-electron chi connectivity index (χ1n) is 4.98. The van der Waals surface area contributed by atoms with Crippen molar-refractivity contribution in [3.8, 4) is 0 Å². The molecule has 1 heterocycles. The topological polar surface area (TPSA) is 41.1 Å². The number of carbonyl (C=O) groups excluding carboxylic acids is 1. The summed E-state index contributed by atoms with van der Waals surface area (Å²) in [6.07, 6.45) is 0. The second-order valence-corrected chi connectivity index (χ2v) is 5.74. The molecule has 0 saturated carbocycles. The van der Waals surface area contributed by atoms with Gasteiger partial charge in [-0.05, 0) is 17.5 Å². The van der Waals surface area contributed by atoms with Crippen LogP contribution in [0.15, 0.2) is 12.1 Å². The molecule has 0 saturated heterocycles. The van der Waals surface area contributed by atoms with Crippen LogP contribution in [-0.2, 0) is 0 Å². The quantitative estimate of drug-likeness (QED) is 0.879. The highest BCUT2D eigenvalue weighted by Crippen LogP contribution is 2.21. The minimum Gasteiger partial charge on any atom is -0.380 e. The highest BCUT2D eigenvalue weighted by Gasteiger charge is 2.14. The van der Waals surface area contributed by atoms with Gasteiger partial charge < -0.3 is 10.6 Å². The normalized spacial score (nSPS) is 10.5. The Morgan fingerprint density at radius 1 is 1.38 bits per heavy atom. The van der Waals surface area contributed by atoms with Gasteiger partial charge >= 0.3 is 0 Å². The summed E-state index contributed by atoms with van der Waals surface area (Å²) in [7, 11) is 1.85. The van der Waals surface area contributed by atoms with E-state index in [0.29, 0.717) is 6.54 Å². The number of nitrogens with one attached hydrogen (secondary N) is 2. The van der Waals surface area contributed by atoms with Crippen LogP contribution in [-0.4, -0.2) is 19.5 Å². The second kappa shape index (κ2) is 6.11. The molecule has 0 aromatic carbocycles. The van der Waals surface area contributed by atoms with E-state index in [2.05, 4.69) is 31.4 Å². The molecule has 0 unspecified atom stereocenters. The summed E-state index contributed by atoms with van der Waals surface area (Å²) >= 11 is 1.47. The van der Waals surface area contributed by atoms with Crippen molar-refractivity contribution in [3.05, 3.63) is 17.0 Å². The Hall–Kier alpha value is -0.740. The lowest BCUT2D eigenvalue weighted by molar-refractivity contribution is 0.0943. The standard InChI is InChI=1S/C11H18N2OS.ClH/c1-11(2,3)7-13-10(14)8-5-6-9(12-4)15-8;/h5-6,12H,7H2,1-4H3,(H,13,14);1H. The van der Waals surface area contributed by atoms with Gasteiger partial charge in [-0.3, -0.25) is 4.79 Å². The van der Waals surface area contributed by atoms with Gasteiger partial charge in [0.1, 0.15) is 0 Å². The maximum atomic E-state index is 11.7. The summed E-state index contributed by atoms with van der Waals surface area (Å²) in [4.78, 5) is 12.4. The molecule has 1 aromatic heterocycles. The van der Waals surface area contributed by atoms with Crippen LogP contribution in [0.5, 0.6) is 0 Å². The minimum atomic E-state index is 0. The van der Waals surface area contributed by atoms with Crippen molar-refractivity contribution in [2.45, 2.75) is 20.8 Å². The first-order chi connectivity index (χ1) is 6.92. The van der Waals surface area contributed by atoms with Crippen LogP contribution >= 0.6 is 23.7 Å². The van der Waals surface area contributed by atoms with Crippen molar-refractivity contribution >= 4 is 34.7 Å². The van der Waals surface area contributed by atoms with Crippen molar-refractivity contribution in [1.82, 2.24) is 5.32 Å². The molecule has 2 N–H and O–H groups in total. The van der Waals surface area contributed by atoms with Gasteiger partial charge in [0.2, 0.25) is 0 Å². The van der Waals surface area contributed by atoms with Gasteiger partial charge in [0.25, 0.3) is 5.91 Å². The van der Waals surface area contributed by atoms with Gasteiger partial charge in [0.15, 0.2) is 0 Å². The van der Waals surface area contributed by atoms with E-state index in [1.165, 1.54) is 11.3 Å². The molecule has 0 aliphatic carbocycles. The Morgan fingerprint density at radius 2 is 2.00 bits per heavy atom. The van der Waals surface area contributed by atoms with E-state index in [1.807, 2.05) is 19.2 Å². The Morgan fingerprint density at radius 3 is 2.44 bits per heavy atom. The molecule has 5 heteroatoms. The van der Waals surface area contributed by atoms with Crippen molar-refractivity contribution in [2.75, 3.05) is 18.9 Å². The molecule has 0 aliphatic rings. The number of hydrogen-bond acceptors (Lipinski definition) is 3. The van der Waals surface area contributed by atoms with Crippen LogP contribution in [0, 0.1) is 5.41 Å². The lowest BCUT2D eigenvalue weighted by Gasteiger charge is -2.18. The number of rotatable bonds is 3. The summed E-state index contributed by atoms with van der Waals surface area (Å²) in [5, 5.41) is 6.94. The first kappa shape index (κ1) is 15.3. The highest BCUT2D eigenvalue weighted by molar-refractivity contribution is 7.17. The van der Waals surface area contributed by atoms with Crippen LogP contribution < -0.4 is 10.6 Å². The van der Waals surface area contributed by atoms with E-state index in [1.54, 1.807) is 0 Å². The molecule has 3 nitrogen and oxygen atoms in total. The molecule has 1 rings (SSSR count). The van der Waals surface area contributed by atoms with Crippen LogP contribution in [0.3, 0.4) is 0 Å². The minimum absolute atomic E-state index is 0. The lowest BCUT2D eigenvalue weighted by Crippen LogP contribution is -2.31. The molecule has 1 amide bonds. The van der Waals surface area contributed by atoms with Gasteiger partial charge in [-0.15, -0.1) is 23.7 Å². The molecule has 92 valence electrons. The van der Waals surface area contributed by atoms with Crippen LogP contribution in [0.4, 0.5) is 5.00 Å². The van der Waals surface area contributed by atoms with E-state index in [9.17, 15) is 4.79 Å². The summed E-state index contributed by atoms with van der Waals surface area (Å²) in [5.41, 5.74) is 0.124. The van der Waals surface area contributed by atoms with Crippen LogP contribution in [0.2, 0.25) is 0 Å². The molecule has 16 heavy (non-hydrogen) atoms. The van der Waals surface area contributed by atoms with E-state index in [0.717, 1.165) is 9.88 Å². The monoisotopic (exact) mass is 262 g/mol. The molecular formula is C11H19ClN2OS. The number of amides is 1. The molecule has 0 radical (unpaired) electrons. The van der Waals surface area contributed by atoms with E-state index in [-0.39, 0.29) is 23.7 Å². The van der Waals surface area contributed by atoms with Crippen molar-refractivity contribution in [1.29, 1.82) is 0 Å². The second-order valence-electron chi connectivity index (χ2n) is 4.66. The lowest BCUT2D eigenvalue weighted by atomic mass is 9.97. The van der Waals surface area contributed by atoms with Gasteiger partial charge in [-0.25, -0.2) is 0 Å². The van der Waals surface area contributed by atoms with Crippen LogP contribution in [0.1, 0.15) is 30.4 Å². The van der Waals surface area contributed by atoms with E-state index < -0.39 is 0 Å². The zero-order valence-electron chi connectivity index (χ0n) is 10.1. The summed E-state index contributed by atoms with van der Waals surface area (Å²) in [6, 6.07) is 3.76. The predicted molar refractivity (Wildman–Crippen MR) is 72.9 cm³/mol. The molecule has 0 spiro atoms. The molecule has 0 fully saturated rings. The van der Waals surface area contributed by atoms with E-state index >= 15 is 0 Å². The third-order valence-corrected chi connectivity index (χ3v) is 2.96. The first-order valence-corrected chi connectivity index (χ1v) is 5.80. The highest BCUT2D eigenvalue weighted by atomic mass is 35.5. The number of halogens is 1.